The maximum absolute atomic E-state index is 13.4. The lowest BCUT2D eigenvalue weighted by molar-refractivity contribution is -0.131. The van der Waals surface area contributed by atoms with Crippen molar-refractivity contribution in [1.82, 2.24) is 5.32 Å². The normalized spacial score (nSPS) is 22.3. The quantitative estimate of drug-likeness (QED) is 0.615. The Balaban J connectivity index is 2.20. The van der Waals surface area contributed by atoms with Gasteiger partial charge in [0.25, 0.3) is 0 Å². The maximum Gasteiger partial charge on any atom is 0.239 e. The second kappa shape index (κ2) is 4.75. The average molecular weight is 268 g/mol. The number of carbonyl (C=O) groups is 3. The molecule has 0 bridgehead atoms. The lowest BCUT2D eigenvalue weighted by Crippen LogP contribution is -2.32. The predicted molar refractivity (Wildman–Crippen MR) is 60.8 cm³/mol. The summed E-state index contributed by atoms with van der Waals surface area (Å²) in [5.41, 5.74) is -0.371. The van der Waals surface area contributed by atoms with Crippen molar-refractivity contribution in [2.24, 2.45) is 11.8 Å². The van der Waals surface area contributed by atoms with E-state index in [0.29, 0.717) is 0 Å². The van der Waals surface area contributed by atoms with Crippen LogP contribution >= 0.6 is 0 Å². The number of rotatable bonds is 2. The first-order valence-electron chi connectivity index (χ1n) is 5.51. The van der Waals surface area contributed by atoms with Crippen LogP contribution in [-0.4, -0.2) is 17.7 Å². The van der Waals surface area contributed by atoms with Gasteiger partial charge in [0, 0.05) is 0 Å². The number of amides is 3. The Morgan fingerprint density at radius 3 is 2.53 bits per heavy atom. The molecule has 100 valence electrons. The van der Waals surface area contributed by atoms with Crippen LogP contribution in [0.1, 0.15) is 6.92 Å². The Bertz CT molecular complexity index is 574. The second-order valence-electron chi connectivity index (χ2n) is 4.21. The summed E-state index contributed by atoms with van der Waals surface area (Å²) in [5.74, 6) is -6.57. The van der Waals surface area contributed by atoms with E-state index in [1.807, 2.05) is 5.32 Å². The molecule has 3 amide bonds. The summed E-state index contributed by atoms with van der Waals surface area (Å²) >= 11 is 0. The monoisotopic (exact) mass is 268 g/mol. The molecule has 7 heteroatoms. The van der Waals surface area contributed by atoms with Crippen molar-refractivity contribution < 1.29 is 23.2 Å². The van der Waals surface area contributed by atoms with Gasteiger partial charge in [0.15, 0.2) is 11.6 Å². The van der Waals surface area contributed by atoms with Crippen molar-refractivity contribution in [1.29, 1.82) is 0 Å². The molecule has 1 fully saturated rings. The molecule has 2 rings (SSSR count). The third-order valence-corrected chi connectivity index (χ3v) is 2.93. The van der Waals surface area contributed by atoms with Crippen molar-refractivity contribution in [2.45, 2.75) is 6.92 Å². The number of anilines is 1. The first kappa shape index (κ1) is 13.1. The number of carbonyl (C=O) groups excluding carboxylic acids is 3. The van der Waals surface area contributed by atoms with Gasteiger partial charge in [-0.25, -0.2) is 8.78 Å². The summed E-state index contributed by atoms with van der Waals surface area (Å²) < 4.78 is 26.3. The fraction of sp³-hybridized carbons (Fsp3) is 0.250. The average Bonchev–Trinajstić information content (AvgIpc) is 2.59. The SMILES string of the molecule is CC1C(=O)NC(=O)C1C(=O)Nc1cccc(F)c1F. The number of benzene rings is 1. The molecule has 1 saturated heterocycles. The number of hydrogen-bond acceptors (Lipinski definition) is 3. The van der Waals surface area contributed by atoms with Gasteiger partial charge in [-0.15, -0.1) is 0 Å². The lowest BCUT2D eigenvalue weighted by atomic mass is 9.96. The Kier molecular flexibility index (Phi) is 3.28. The summed E-state index contributed by atoms with van der Waals surface area (Å²) in [7, 11) is 0. The zero-order valence-electron chi connectivity index (χ0n) is 9.87. The highest BCUT2D eigenvalue weighted by Gasteiger charge is 2.43. The molecule has 5 nitrogen and oxygen atoms in total. The predicted octanol–water partition coefficient (Wildman–Crippen LogP) is 0.812. The summed E-state index contributed by atoms with van der Waals surface area (Å²) in [4.78, 5) is 34.5. The Morgan fingerprint density at radius 2 is 1.95 bits per heavy atom. The fourth-order valence-electron chi connectivity index (χ4n) is 1.85. The molecule has 1 aliphatic rings. The molecule has 1 aromatic rings. The first-order valence-corrected chi connectivity index (χ1v) is 5.51. The lowest BCUT2D eigenvalue weighted by Gasteiger charge is -2.12. The molecule has 0 aromatic heterocycles. The van der Waals surface area contributed by atoms with Crippen molar-refractivity contribution in [3.8, 4) is 0 Å². The van der Waals surface area contributed by atoms with Crippen LogP contribution in [0.5, 0.6) is 0 Å². The van der Waals surface area contributed by atoms with E-state index in [2.05, 4.69) is 5.32 Å². The van der Waals surface area contributed by atoms with E-state index in [-0.39, 0.29) is 5.69 Å². The summed E-state index contributed by atoms with van der Waals surface area (Å²) in [6.07, 6.45) is 0. The molecule has 2 unspecified atom stereocenters. The number of imide groups is 1. The van der Waals surface area contributed by atoms with Crippen LogP contribution in [-0.2, 0) is 14.4 Å². The molecule has 0 spiro atoms. The molecule has 19 heavy (non-hydrogen) atoms. The fourth-order valence-corrected chi connectivity index (χ4v) is 1.85. The molecule has 1 aliphatic heterocycles. The first-order chi connectivity index (χ1) is 8.91. The van der Waals surface area contributed by atoms with E-state index in [4.69, 9.17) is 0 Å². The Labute approximate surface area is 107 Å². The number of nitrogens with one attached hydrogen (secondary N) is 2. The highest BCUT2D eigenvalue weighted by molar-refractivity contribution is 6.17. The summed E-state index contributed by atoms with van der Waals surface area (Å²) in [5, 5.41) is 4.11. The second-order valence-corrected chi connectivity index (χ2v) is 4.21. The van der Waals surface area contributed by atoms with E-state index in [1.165, 1.54) is 13.0 Å². The van der Waals surface area contributed by atoms with Gasteiger partial charge in [-0.3, -0.25) is 19.7 Å². The molecule has 0 radical (unpaired) electrons. The van der Waals surface area contributed by atoms with Gasteiger partial charge in [0.2, 0.25) is 17.7 Å². The van der Waals surface area contributed by atoms with Crippen LogP contribution in [0.2, 0.25) is 0 Å². The Morgan fingerprint density at radius 1 is 1.26 bits per heavy atom. The van der Waals surface area contributed by atoms with Crippen molar-refractivity contribution in [3.05, 3.63) is 29.8 Å². The summed E-state index contributed by atoms with van der Waals surface area (Å²) in [6, 6.07) is 3.28. The highest BCUT2D eigenvalue weighted by atomic mass is 19.2. The van der Waals surface area contributed by atoms with Gasteiger partial charge in [0.05, 0.1) is 11.6 Å². The summed E-state index contributed by atoms with van der Waals surface area (Å²) in [6.45, 7) is 1.41. The molecule has 1 heterocycles. The number of hydrogen-bond donors (Lipinski definition) is 2. The van der Waals surface area contributed by atoms with E-state index in [1.54, 1.807) is 0 Å². The van der Waals surface area contributed by atoms with Crippen LogP contribution in [0, 0.1) is 23.5 Å². The van der Waals surface area contributed by atoms with Gasteiger partial charge >= 0.3 is 0 Å². The Hall–Kier alpha value is -2.31. The molecule has 0 aliphatic carbocycles. The van der Waals surface area contributed by atoms with E-state index in [0.717, 1.165) is 12.1 Å². The van der Waals surface area contributed by atoms with Crippen molar-refractivity contribution in [2.75, 3.05) is 5.32 Å². The molecule has 1 aromatic carbocycles. The minimum atomic E-state index is -1.24. The van der Waals surface area contributed by atoms with E-state index < -0.39 is 41.2 Å². The number of halogens is 2. The highest BCUT2D eigenvalue weighted by Crippen LogP contribution is 2.22. The molecular weight excluding hydrogens is 258 g/mol. The standard InChI is InChI=1S/C12H10F2N2O3/c1-5-8(12(19)16-10(5)17)11(18)15-7-4-2-3-6(13)9(7)14/h2-5,8H,1H3,(H,15,18)(H,16,17,19). The minimum absolute atomic E-state index is 0.371. The topological polar surface area (TPSA) is 75.3 Å². The van der Waals surface area contributed by atoms with Crippen LogP contribution in [0.3, 0.4) is 0 Å². The van der Waals surface area contributed by atoms with Gasteiger partial charge in [-0.1, -0.05) is 13.0 Å². The zero-order chi connectivity index (χ0) is 14.2. The molecular formula is C12H10F2N2O3. The minimum Gasteiger partial charge on any atom is -0.323 e. The molecule has 0 saturated carbocycles. The maximum atomic E-state index is 13.4. The zero-order valence-corrected chi connectivity index (χ0v) is 9.87. The van der Waals surface area contributed by atoms with Gasteiger partial charge in [0.1, 0.15) is 5.92 Å². The van der Waals surface area contributed by atoms with Gasteiger partial charge in [-0.05, 0) is 12.1 Å². The molecule has 2 atom stereocenters. The van der Waals surface area contributed by atoms with Crippen LogP contribution in [0.15, 0.2) is 18.2 Å². The largest absolute Gasteiger partial charge is 0.323 e. The van der Waals surface area contributed by atoms with E-state index in [9.17, 15) is 23.2 Å². The van der Waals surface area contributed by atoms with Crippen LogP contribution in [0.4, 0.5) is 14.5 Å². The van der Waals surface area contributed by atoms with Crippen LogP contribution in [0.25, 0.3) is 0 Å². The van der Waals surface area contributed by atoms with Gasteiger partial charge in [-0.2, -0.15) is 0 Å². The van der Waals surface area contributed by atoms with E-state index >= 15 is 0 Å². The smallest absolute Gasteiger partial charge is 0.239 e. The van der Waals surface area contributed by atoms with Gasteiger partial charge < -0.3 is 5.32 Å². The third-order valence-electron chi connectivity index (χ3n) is 2.93. The van der Waals surface area contributed by atoms with Crippen molar-refractivity contribution in [3.63, 3.8) is 0 Å². The molecule has 2 N–H and O–H groups in total. The third kappa shape index (κ3) is 2.31. The van der Waals surface area contributed by atoms with Crippen LogP contribution < -0.4 is 10.6 Å². The van der Waals surface area contributed by atoms with Crippen molar-refractivity contribution >= 4 is 23.4 Å².